The molecular weight excluding hydrogens is 533 g/mol. The van der Waals surface area contributed by atoms with Crippen LogP contribution < -0.4 is 9.62 Å². The minimum atomic E-state index is -4.75. The summed E-state index contributed by atoms with van der Waals surface area (Å²) in [6.45, 7) is 3.06. The molecule has 7 nitrogen and oxygen atoms in total. The summed E-state index contributed by atoms with van der Waals surface area (Å²) < 4.78 is 67.8. The molecule has 0 saturated carbocycles. The minimum absolute atomic E-state index is 0.125. The molecule has 0 aliphatic rings. The fraction of sp³-hybridized carbons (Fsp3) is 0.250. The summed E-state index contributed by atoms with van der Waals surface area (Å²) in [7, 11) is -4.45. The van der Waals surface area contributed by atoms with Crippen molar-refractivity contribution < 1.29 is 26.4 Å². The molecule has 3 rings (SSSR count). The molecule has 0 spiro atoms. The average molecular weight is 551 g/mol. The summed E-state index contributed by atoms with van der Waals surface area (Å²) in [5.41, 5.74) is -1.59. The molecule has 0 saturated heterocycles. The van der Waals surface area contributed by atoms with E-state index in [9.17, 15) is 26.4 Å². The van der Waals surface area contributed by atoms with Gasteiger partial charge >= 0.3 is 6.18 Å². The van der Waals surface area contributed by atoms with E-state index in [2.05, 4.69) is 15.5 Å². The van der Waals surface area contributed by atoms with Gasteiger partial charge in [-0.05, 0) is 30.3 Å². The number of halogens is 4. The van der Waals surface area contributed by atoms with Crippen LogP contribution in [0.5, 0.6) is 0 Å². The highest BCUT2D eigenvalue weighted by Crippen LogP contribution is 2.37. The lowest BCUT2D eigenvalue weighted by Crippen LogP contribution is -2.38. The van der Waals surface area contributed by atoms with Gasteiger partial charge in [0.25, 0.3) is 10.0 Å². The standard InChI is InChI=1S/C20H18ClF3N4O3S3/c1-12(2)32-19-27-26-18(33-19)25-17(29)11-28(34(30,31)14-6-4-3-5-7-14)16-10-13(20(22,23)24)8-9-15(16)21/h3-10,12H,11H2,1-2H3,(H,25,26,29). The Bertz CT molecular complexity index is 1270. The molecule has 182 valence electrons. The highest BCUT2D eigenvalue weighted by molar-refractivity contribution is 8.01. The SMILES string of the molecule is CC(C)Sc1nnc(NC(=O)CN(c2cc(C(F)(F)F)ccc2Cl)S(=O)(=O)c2ccccc2)s1. The summed E-state index contributed by atoms with van der Waals surface area (Å²) in [4.78, 5) is 12.5. The number of sulfonamides is 1. The normalized spacial score (nSPS) is 12.1. The number of benzene rings is 2. The van der Waals surface area contributed by atoms with Crippen molar-refractivity contribution in [3.8, 4) is 0 Å². The van der Waals surface area contributed by atoms with E-state index >= 15 is 0 Å². The van der Waals surface area contributed by atoms with Crippen molar-refractivity contribution in [1.29, 1.82) is 0 Å². The predicted molar refractivity (Wildman–Crippen MR) is 127 cm³/mol. The second kappa shape index (κ2) is 10.5. The Kier molecular flexibility index (Phi) is 8.11. The van der Waals surface area contributed by atoms with Gasteiger partial charge < -0.3 is 0 Å². The van der Waals surface area contributed by atoms with Crippen molar-refractivity contribution in [2.45, 2.75) is 34.5 Å². The lowest BCUT2D eigenvalue weighted by molar-refractivity contribution is -0.137. The van der Waals surface area contributed by atoms with Gasteiger partial charge in [0.2, 0.25) is 11.0 Å². The lowest BCUT2D eigenvalue weighted by Gasteiger charge is -2.25. The van der Waals surface area contributed by atoms with Crippen molar-refractivity contribution in [3.05, 3.63) is 59.1 Å². The smallest absolute Gasteiger partial charge is 0.299 e. The number of carbonyl (C=O) groups excluding carboxylic acids is 1. The lowest BCUT2D eigenvalue weighted by atomic mass is 10.2. The Hall–Kier alpha value is -2.35. The Labute approximate surface area is 207 Å². The third-order valence-corrected chi connectivity index (χ3v) is 8.17. The number of anilines is 2. The highest BCUT2D eigenvalue weighted by atomic mass is 35.5. The number of hydrogen-bond acceptors (Lipinski definition) is 7. The fourth-order valence-electron chi connectivity index (χ4n) is 2.70. The Morgan fingerprint density at radius 2 is 1.85 bits per heavy atom. The van der Waals surface area contributed by atoms with Crippen LogP contribution in [0.1, 0.15) is 19.4 Å². The largest absolute Gasteiger partial charge is 0.416 e. The van der Waals surface area contributed by atoms with Crippen molar-refractivity contribution in [1.82, 2.24) is 10.2 Å². The summed E-state index contributed by atoms with van der Waals surface area (Å²) in [6, 6.07) is 9.28. The van der Waals surface area contributed by atoms with Crippen LogP contribution in [-0.4, -0.2) is 36.3 Å². The summed E-state index contributed by atoms with van der Waals surface area (Å²) in [5, 5.41) is 10.3. The van der Waals surface area contributed by atoms with Crippen LogP contribution >= 0.6 is 34.7 Å². The van der Waals surface area contributed by atoms with Crippen molar-refractivity contribution in [2.24, 2.45) is 0 Å². The molecule has 1 N–H and O–H groups in total. The molecule has 0 aliphatic carbocycles. The number of nitrogens with one attached hydrogen (secondary N) is 1. The van der Waals surface area contributed by atoms with E-state index in [0.29, 0.717) is 14.7 Å². The molecule has 1 aromatic heterocycles. The Balaban J connectivity index is 1.98. The first-order valence-electron chi connectivity index (χ1n) is 9.62. The maximum Gasteiger partial charge on any atom is 0.416 e. The molecule has 14 heteroatoms. The minimum Gasteiger partial charge on any atom is -0.299 e. The fourth-order valence-corrected chi connectivity index (χ4v) is 6.41. The van der Waals surface area contributed by atoms with Gasteiger partial charge in [-0.1, -0.05) is 66.7 Å². The van der Waals surface area contributed by atoms with E-state index in [1.165, 1.54) is 36.0 Å². The van der Waals surface area contributed by atoms with E-state index in [1.54, 1.807) is 6.07 Å². The van der Waals surface area contributed by atoms with Gasteiger partial charge in [-0.25, -0.2) is 8.42 Å². The molecular formula is C20H18ClF3N4O3S3. The molecule has 0 bridgehead atoms. The van der Waals surface area contributed by atoms with Crippen molar-refractivity contribution in [3.63, 3.8) is 0 Å². The van der Waals surface area contributed by atoms with Crippen molar-refractivity contribution in [2.75, 3.05) is 16.2 Å². The maximum absolute atomic E-state index is 13.3. The number of hydrogen-bond donors (Lipinski definition) is 1. The molecule has 0 radical (unpaired) electrons. The number of nitrogens with zero attached hydrogens (tertiary/aromatic N) is 3. The zero-order chi connectivity index (χ0) is 25.1. The van der Waals surface area contributed by atoms with Crippen LogP contribution in [0.2, 0.25) is 5.02 Å². The first kappa shape index (κ1) is 26.3. The van der Waals surface area contributed by atoms with Gasteiger partial charge in [0.05, 0.1) is 21.2 Å². The van der Waals surface area contributed by atoms with E-state index in [1.807, 2.05) is 13.8 Å². The number of amides is 1. The number of aromatic nitrogens is 2. The molecule has 0 aliphatic heterocycles. The quantitative estimate of drug-likeness (QED) is 0.292. The van der Waals surface area contributed by atoms with Crippen LogP contribution in [0.25, 0.3) is 0 Å². The zero-order valence-corrected chi connectivity index (χ0v) is 20.9. The first-order chi connectivity index (χ1) is 15.9. The van der Waals surface area contributed by atoms with E-state index in [-0.39, 0.29) is 20.3 Å². The highest BCUT2D eigenvalue weighted by Gasteiger charge is 2.34. The second-order valence-corrected chi connectivity index (χ2v) is 12.1. The average Bonchev–Trinajstić information content (AvgIpc) is 3.18. The van der Waals surface area contributed by atoms with Crippen LogP contribution in [0.15, 0.2) is 57.8 Å². The monoisotopic (exact) mass is 550 g/mol. The van der Waals surface area contributed by atoms with Gasteiger partial charge in [0.1, 0.15) is 6.54 Å². The Morgan fingerprint density at radius 1 is 1.18 bits per heavy atom. The van der Waals surface area contributed by atoms with E-state index < -0.39 is 39.9 Å². The van der Waals surface area contributed by atoms with Crippen LogP contribution in [-0.2, 0) is 21.0 Å². The van der Waals surface area contributed by atoms with Crippen LogP contribution in [0, 0.1) is 0 Å². The molecule has 1 heterocycles. The second-order valence-electron chi connectivity index (χ2n) is 7.08. The number of thioether (sulfide) groups is 1. The number of rotatable bonds is 8. The van der Waals surface area contributed by atoms with E-state index in [4.69, 9.17) is 11.6 Å². The Morgan fingerprint density at radius 3 is 2.47 bits per heavy atom. The van der Waals surface area contributed by atoms with Crippen LogP contribution in [0.4, 0.5) is 24.0 Å². The number of alkyl halides is 3. The van der Waals surface area contributed by atoms with Crippen LogP contribution in [0.3, 0.4) is 0 Å². The van der Waals surface area contributed by atoms with Gasteiger partial charge in [-0.2, -0.15) is 13.2 Å². The zero-order valence-electron chi connectivity index (χ0n) is 17.7. The molecule has 0 atom stereocenters. The van der Waals surface area contributed by atoms with Gasteiger partial charge in [0.15, 0.2) is 4.34 Å². The van der Waals surface area contributed by atoms with E-state index in [0.717, 1.165) is 23.5 Å². The third kappa shape index (κ3) is 6.40. The predicted octanol–water partition coefficient (Wildman–Crippen LogP) is 5.54. The summed E-state index contributed by atoms with van der Waals surface area (Å²) in [6.07, 6.45) is -4.75. The molecule has 1 amide bonds. The summed E-state index contributed by atoms with van der Waals surface area (Å²) >= 11 is 8.62. The van der Waals surface area contributed by atoms with Gasteiger partial charge in [-0.15, -0.1) is 10.2 Å². The van der Waals surface area contributed by atoms with Crippen molar-refractivity contribution >= 4 is 61.4 Å². The maximum atomic E-state index is 13.3. The van der Waals surface area contributed by atoms with Gasteiger partial charge in [-0.3, -0.25) is 14.4 Å². The molecule has 3 aromatic rings. The molecule has 34 heavy (non-hydrogen) atoms. The topological polar surface area (TPSA) is 92.3 Å². The molecule has 0 unspecified atom stereocenters. The first-order valence-corrected chi connectivity index (χ1v) is 13.1. The summed E-state index contributed by atoms with van der Waals surface area (Å²) in [5.74, 6) is -0.828. The van der Waals surface area contributed by atoms with Gasteiger partial charge in [0, 0.05) is 5.25 Å². The molecule has 2 aromatic carbocycles. The third-order valence-electron chi connectivity index (χ3n) is 4.15. The number of carbonyl (C=O) groups is 1. The molecule has 0 fully saturated rings.